The highest BCUT2D eigenvalue weighted by Crippen LogP contribution is 2.27. The molecule has 0 aliphatic carbocycles. The molecule has 1 rings (SSSR count). The summed E-state index contributed by atoms with van der Waals surface area (Å²) in [6.07, 6.45) is 1.23. The first kappa shape index (κ1) is 22.1. The molecule has 1 aliphatic heterocycles. The molecule has 2 N–H and O–H groups in total. The summed E-state index contributed by atoms with van der Waals surface area (Å²) in [6.45, 7) is 18.2. The lowest BCUT2D eigenvalue weighted by molar-refractivity contribution is 0.0282. The van der Waals surface area contributed by atoms with Gasteiger partial charge in [-0.3, -0.25) is 0 Å². The Bertz CT molecular complexity index is 191. The van der Waals surface area contributed by atoms with Gasteiger partial charge in [0.1, 0.15) is 0 Å². The summed E-state index contributed by atoms with van der Waals surface area (Å²) >= 11 is 0. The molecule has 1 fully saturated rings. The molecule has 4 nitrogen and oxygen atoms in total. The van der Waals surface area contributed by atoms with Crippen LogP contribution in [0.5, 0.6) is 0 Å². The Morgan fingerprint density at radius 2 is 1.80 bits per heavy atom. The molecule has 1 unspecified atom stereocenters. The molecule has 1 heterocycles. The number of ether oxygens (including phenoxy) is 1. The summed E-state index contributed by atoms with van der Waals surface area (Å²) in [7, 11) is 1.89. The lowest BCUT2D eigenvalue weighted by atomic mass is 9.85. The average Bonchev–Trinajstić information content (AvgIpc) is 2.43. The molecule has 124 valence electrons. The quantitative estimate of drug-likeness (QED) is 0.755. The molecule has 0 saturated carbocycles. The maximum atomic E-state index is 8.43. The van der Waals surface area contributed by atoms with Gasteiger partial charge in [0, 0.05) is 19.6 Å². The molecule has 0 radical (unpaired) electrons. The van der Waals surface area contributed by atoms with Gasteiger partial charge < -0.3 is 20.1 Å². The average molecular weight is 290 g/mol. The first-order valence-electron chi connectivity index (χ1n) is 8.08. The normalized spacial score (nSPS) is 18.0. The molecule has 0 aromatic heterocycles. The lowest BCUT2D eigenvalue weighted by Gasteiger charge is -2.45. The van der Waals surface area contributed by atoms with Crippen molar-refractivity contribution in [2.45, 2.75) is 54.1 Å². The number of nitrogens with one attached hydrogen (secondary N) is 1. The van der Waals surface area contributed by atoms with Gasteiger partial charge in [-0.1, -0.05) is 41.5 Å². The molecule has 0 aromatic rings. The van der Waals surface area contributed by atoms with Crippen LogP contribution in [0.3, 0.4) is 0 Å². The van der Waals surface area contributed by atoms with E-state index in [4.69, 9.17) is 9.84 Å². The summed E-state index contributed by atoms with van der Waals surface area (Å²) in [5.41, 5.74) is 0.621. The van der Waals surface area contributed by atoms with Crippen molar-refractivity contribution in [3.05, 3.63) is 0 Å². The van der Waals surface area contributed by atoms with E-state index in [-0.39, 0.29) is 12.7 Å². The number of rotatable bonds is 7. The molecular formula is C16H38N2O2. The number of hydrogen-bond acceptors (Lipinski definition) is 4. The number of aliphatic hydroxyl groups is 1. The predicted octanol–water partition coefficient (Wildman–Crippen LogP) is 2.37. The second-order valence-corrected chi connectivity index (χ2v) is 5.65. The smallest absolute Gasteiger partial charge is 0.0702 e. The van der Waals surface area contributed by atoms with Crippen molar-refractivity contribution in [1.82, 2.24) is 10.2 Å². The van der Waals surface area contributed by atoms with E-state index < -0.39 is 0 Å². The van der Waals surface area contributed by atoms with Crippen LogP contribution in [-0.2, 0) is 4.74 Å². The van der Waals surface area contributed by atoms with Gasteiger partial charge in [-0.2, -0.15) is 0 Å². The van der Waals surface area contributed by atoms with Gasteiger partial charge in [0.15, 0.2) is 0 Å². The van der Waals surface area contributed by atoms with Crippen LogP contribution < -0.4 is 5.32 Å². The van der Waals surface area contributed by atoms with Crippen molar-refractivity contribution in [2.24, 2.45) is 5.41 Å². The molecule has 0 spiro atoms. The van der Waals surface area contributed by atoms with Crippen LogP contribution in [-0.4, -0.2) is 62.6 Å². The first-order valence-corrected chi connectivity index (χ1v) is 8.08. The van der Waals surface area contributed by atoms with Crippen molar-refractivity contribution in [1.29, 1.82) is 0 Å². The van der Waals surface area contributed by atoms with Crippen molar-refractivity contribution >= 4 is 0 Å². The zero-order valence-corrected chi connectivity index (χ0v) is 14.8. The van der Waals surface area contributed by atoms with E-state index in [0.29, 0.717) is 12.0 Å². The number of hydrogen-bond donors (Lipinski definition) is 2. The predicted molar refractivity (Wildman–Crippen MR) is 88.3 cm³/mol. The largest absolute Gasteiger partial charge is 0.394 e. The first-order chi connectivity index (χ1) is 9.49. The third kappa shape index (κ3) is 11.6. The summed E-state index contributed by atoms with van der Waals surface area (Å²) in [6, 6.07) is 0. The van der Waals surface area contributed by atoms with Gasteiger partial charge in [-0.15, -0.1) is 0 Å². The second kappa shape index (κ2) is 13.8. The maximum absolute atomic E-state index is 8.43. The van der Waals surface area contributed by atoms with Crippen molar-refractivity contribution in [2.75, 3.05) is 46.4 Å². The highest BCUT2D eigenvalue weighted by atomic mass is 16.5. The molecule has 0 aromatic carbocycles. The fourth-order valence-electron chi connectivity index (χ4n) is 2.16. The zero-order chi connectivity index (χ0) is 16.0. The van der Waals surface area contributed by atoms with Crippen LogP contribution in [0.4, 0.5) is 0 Å². The topological polar surface area (TPSA) is 44.7 Å². The van der Waals surface area contributed by atoms with Crippen LogP contribution in [0, 0.1) is 5.41 Å². The van der Waals surface area contributed by atoms with E-state index >= 15 is 0 Å². The van der Waals surface area contributed by atoms with Gasteiger partial charge >= 0.3 is 0 Å². The lowest BCUT2D eigenvalue weighted by Crippen LogP contribution is -2.52. The minimum atomic E-state index is 0.111. The van der Waals surface area contributed by atoms with Gasteiger partial charge in [0.2, 0.25) is 0 Å². The monoisotopic (exact) mass is 290 g/mol. The van der Waals surface area contributed by atoms with E-state index in [0.717, 1.165) is 13.0 Å². The van der Waals surface area contributed by atoms with Crippen molar-refractivity contribution < 1.29 is 9.84 Å². The van der Waals surface area contributed by atoms with E-state index in [1.165, 1.54) is 19.6 Å². The molecule has 1 aliphatic rings. The molecular weight excluding hydrogens is 252 g/mol. The van der Waals surface area contributed by atoms with Gasteiger partial charge in [-0.05, 0) is 25.4 Å². The fourth-order valence-corrected chi connectivity index (χ4v) is 2.16. The third-order valence-corrected chi connectivity index (χ3v) is 3.08. The minimum Gasteiger partial charge on any atom is -0.394 e. The van der Waals surface area contributed by atoms with E-state index in [9.17, 15) is 0 Å². The molecule has 1 atom stereocenters. The summed E-state index contributed by atoms with van der Waals surface area (Å²) in [5.74, 6) is 0. The van der Waals surface area contributed by atoms with Gasteiger partial charge in [0.25, 0.3) is 0 Å². The summed E-state index contributed by atoms with van der Waals surface area (Å²) < 4.78 is 5.27. The Labute approximate surface area is 126 Å². The van der Waals surface area contributed by atoms with Crippen LogP contribution in [0.2, 0.25) is 0 Å². The standard InChI is InChI=1S/C7H17NO2.C7H15N.C2H6/c1-3-7(6-8-2)10-5-4-9;1-4-8-5-7(2,3)6-8;1-2/h7-9H,3-6H2,1-2H3;4-6H2,1-3H3;1-2H3. The molecule has 20 heavy (non-hydrogen) atoms. The number of likely N-dealkylation sites (tertiary alicyclic amines) is 1. The second-order valence-electron chi connectivity index (χ2n) is 5.65. The Morgan fingerprint density at radius 1 is 1.25 bits per heavy atom. The van der Waals surface area contributed by atoms with Crippen LogP contribution in [0.25, 0.3) is 0 Å². The maximum Gasteiger partial charge on any atom is 0.0702 e. The summed E-state index contributed by atoms with van der Waals surface area (Å²) in [5, 5.41) is 11.5. The van der Waals surface area contributed by atoms with Crippen LogP contribution in [0.1, 0.15) is 48.0 Å². The van der Waals surface area contributed by atoms with E-state index in [1.54, 1.807) is 0 Å². The Balaban J connectivity index is 0. The van der Waals surface area contributed by atoms with E-state index in [1.807, 2.05) is 20.9 Å². The fraction of sp³-hybridized carbons (Fsp3) is 1.00. The highest BCUT2D eigenvalue weighted by Gasteiger charge is 2.32. The minimum absolute atomic E-state index is 0.111. The van der Waals surface area contributed by atoms with Crippen molar-refractivity contribution in [3.8, 4) is 0 Å². The molecule has 0 bridgehead atoms. The van der Waals surface area contributed by atoms with Crippen LogP contribution >= 0.6 is 0 Å². The van der Waals surface area contributed by atoms with Crippen LogP contribution in [0.15, 0.2) is 0 Å². The zero-order valence-electron chi connectivity index (χ0n) is 14.8. The SMILES string of the molecule is CC.CCC(CNC)OCCO.CCN1CC(C)(C)C1. The highest BCUT2D eigenvalue weighted by molar-refractivity contribution is 4.86. The number of aliphatic hydroxyl groups excluding tert-OH is 1. The van der Waals surface area contributed by atoms with Gasteiger partial charge in [-0.25, -0.2) is 0 Å². The number of nitrogens with zero attached hydrogens (tertiary/aromatic N) is 1. The molecule has 4 heteroatoms. The third-order valence-electron chi connectivity index (χ3n) is 3.08. The molecule has 1 saturated heterocycles. The molecule has 0 amide bonds. The van der Waals surface area contributed by atoms with Crippen molar-refractivity contribution in [3.63, 3.8) is 0 Å². The van der Waals surface area contributed by atoms with E-state index in [2.05, 4.69) is 37.9 Å². The number of likely N-dealkylation sites (N-methyl/N-ethyl adjacent to an activating group) is 1. The van der Waals surface area contributed by atoms with Gasteiger partial charge in [0.05, 0.1) is 19.3 Å². The Hall–Kier alpha value is -0.160. The summed E-state index contributed by atoms with van der Waals surface area (Å²) in [4.78, 5) is 2.46. The Morgan fingerprint density at radius 3 is 2.05 bits per heavy atom. The Kier molecular flexibility index (Phi) is 15.3.